The molecule has 2 heterocycles. The fourth-order valence-corrected chi connectivity index (χ4v) is 5.12. The molecule has 5 fully saturated rings. The SMILES string of the molecule is C=C1[C@@H](OC(C)=O)C[C@H]2C[C@@H]1C21CO[C@]2(C[C@H](C)C(=O)O2)C1. The fraction of sp³-hybridized carbons (Fsp3) is 0.765. The Balaban J connectivity index is 1.53. The highest BCUT2D eigenvalue weighted by atomic mass is 16.7. The summed E-state index contributed by atoms with van der Waals surface area (Å²) in [6.07, 6.45) is 3.15. The molecule has 5 nitrogen and oxygen atoms in total. The van der Waals surface area contributed by atoms with Gasteiger partial charge in [0.2, 0.25) is 5.79 Å². The van der Waals surface area contributed by atoms with Gasteiger partial charge in [0.05, 0.1) is 12.5 Å². The predicted molar refractivity (Wildman–Crippen MR) is 76.5 cm³/mol. The third-order valence-electron chi connectivity index (χ3n) is 6.20. The second kappa shape index (κ2) is 4.34. The highest BCUT2D eigenvalue weighted by molar-refractivity contribution is 5.74. The van der Waals surface area contributed by atoms with Crippen molar-refractivity contribution in [2.45, 2.75) is 51.4 Å². The van der Waals surface area contributed by atoms with E-state index >= 15 is 0 Å². The Morgan fingerprint density at radius 1 is 1.41 bits per heavy atom. The van der Waals surface area contributed by atoms with Gasteiger partial charge in [0.25, 0.3) is 0 Å². The van der Waals surface area contributed by atoms with Crippen LogP contribution >= 0.6 is 0 Å². The Labute approximate surface area is 130 Å². The van der Waals surface area contributed by atoms with Crippen LogP contribution in [0.3, 0.4) is 0 Å². The minimum atomic E-state index is -0.720. The summed E-state index contributed by atoms with van der Waals surface area (Å²) < 4.78 is 17.0. The molecular formula is C17H22O5. The van der Waals surface area contributed by atoms with Gasteiger partial charge >= 0.3 is 11.9 Å². The molecule has 2 aliphatic heterocycles. The molecule has 0 aromatic heterocycles. The molecule has 3 saturated carbocycles. The largest absolute Gasteiger partial charge is 0.458 e. The Hall–Kier alpha value is -1.36. The Bertz CT molecular complexity index is 569. The first-order valence-electron chi connectivity index (χ1n) is 8.08. The molecule has 0 radical (unpaired) electrons. The van der Waals surface area contributed by atoms with E-state index in [1.54, 1.807) is 0 Å². The van der Waals surface area contributed by atoms with Crippen LogP contribution in [-0.4, -0.2) is 30.4 Å². The van der Waals surface area contributed by atoms with Crippen molar-refractivity contribution in [2.75, 3.05) is 6.61 Å². The van der Waals surface area contributed by atoms with Gasteiger partial charge in [0.1, 0.15) is 6.10 Å². The molecule has 5 rings (SSSR count). The molecule has 22 heavy (non-hydrogen) atoms. The van der Waals surface area contributed by atoms with Crippen LogP contribution in [0.2, 0.25) is 0 Å². The lowest BCUT2D eigenvalue weighted by Gasteiger charge is -2.60. The molecular weight excluding hydrogens is 284 g/mol. The quantitative estimate of drug-likeness (QED) is 0.549. The molecule has 2 saturated heterocycles. The van der Waals surface area contributed by atoms with Crippen LogP contribution in [0.4, 0.5) is 0 Å². The van der Waals surface area contributed by atoms with Crippen LogP contribution in [0, 0.1) is 23.2 Å². The van der Waals surface area contributed by atoms with Crippen molar-refractivity contribution in [3.8, 4) is 0 Å². The number of ether oxygens (including phenoxy) is 3. The van der Waals surface area contributed by atoms with E-state index in [0.29, 0.717) is 24.9 Å². The number of hydrogen-bond donors (Lipinski definition) is 0. The van der Waals surface area contributed by atoms with Crippen LogP contribution in [0.15, 0.2) is 12.2 Å². The van der Waals surface area contributed by atoms with Crippen molar-refractivity contribution < 1.29 is 23.8 Å². The molecule has 120 valence electrons. The van der Waals surface area contributed by atoms with E-state index in [9.17, 15) is 9.59 Å². The van der Waals surface area contributed by atoms with Crippen molar-refractivity contribution in [1.82, 2.24) is 0 Å². The fourth-order valence-electron chi connectivity index (χ4n) is 5.12. The maximum atomic E-state index is 11.8. The third-order valence-corrected chi connectivity index (χ3v) is 6.20. The zero-order valence-corrected chi connectivity index (χ0v) is 13.1. The Kier molecular flexibility index (Phi) is 2.81. The molecule has 2 bridgehead atoms. The Morgan fingerprint density at radius 2 is 2.18 bits per heavy atom. The zero-order valence-electron chi connectivity index (χ0n) is 13.1. The summed E-state index contributed by atoms with van der Waals surface area (Å²) >= 11 is 0. The zero-order chi connectivity index (χ0) is 15.7. The summed E-state index contributed by atoms with van der Waals surface area (Å²) in [4.78, 5) is 23.0. The summed E-state index contributed by atoms with van der Waals surface area (Å²) in [7, 11) is 0. The van der Waals surface area contributed by atoms with Gasteiger partial charge in [-0.2, -0.15) is 0 Å². The second-order valence-corrected chi connectivity index (χ2v) is 7.53. The normalized spacial score (nSPS) is 49.4. The summed E-state index contributed by atoms with van der Waals surface area (Å²) in [5, 5.41) is 0. The molecule has 6 atom stereocenters. The van der Waals surface area contributed by atoms with Crippen molar-refractivity contribution in [3.63, 3.8) is 0 Å². The maximum Gasteiger partial charge on any atom is 0.311 e. The molecule has 5 heteroatoms. The summed E-state index contributed by atoms with van der Waals surface area (Å²) in [6, 6.07) is 0. The van der Waals surface area contributed by atoms with E-state index in [-0.39, 0.29) is 29.4 Å². The standard InChI is InChI=1S/C17H22O5/c1-9-6-17(22-15(9)19)7-16(8-20-17)12-4-13(16)10(2)14(5-12)21-11(3)18/h9,12-14H,2,4-8H2,1,3H3/t9-,12+,13-,14-,16?,17-/m0/s1. The average molecular weight is 306 g/mol. The summed E-state index contributed by atoms with van der Waals surface area (Å²) in [5.41, 5.74) is 1.04. The minimum Gasteiger partial charge on any atom is -0.458 e. The maximum absolute atomic E-state index is 11.8. The van der Waals surface area contributed by atoms with Crippen molar-refractivity contribution in [2.24, 2.45) is 23.2 Å². The molecule has 5 aliphatic rings. The lowest BCUT2D eigenvalue weighted by molar-refractivity contribution is -0.192. The van der Waals surface area contributed by atoms with Crippen LogP contribution in [-0.2, 0) is 23.8 Å². The monoisotopic (exact) mass is 306 g/mol. The summed E-state index contributed by atoms with van der Waals surface area (Å²) in [6.45, 7) is 8.14. The molecule has 3 aliphatic carbocycles. The van der Waals surface area contributed by atoms with Gasteiger partial charge < -0.3 is 14.2 Å². The molecule has 1 unspecified atom stereocenters. The van der Waals surface area contributed by atoms with E-state index < -0.39 is 5.79 Å². The molecule has 0 amide bonds. The molecule has 0 aromatic rings. The topological polar surface area (TPSA) is 61.8 Å². The summed E-state index contributed by atoms with van der Waals surface area (Å²) in [5.74, 6) is -0.447. The number of rotatable bonds is 1. The van der Waals surface area contributed by atoms with E-state index in [1.807, 2.05) is 6.92 Å². The minimum absolute atomic E-state index is 0.0259. The third kappa shape index (κ3) is 1.75. The van der Waals surface area contributed by atoms with Crippen LogP contribution in [0.1, 0.15) is 39.5 Å². The first-order valence-corrected chi connectivity index (χ1v) is 8.08. The van der Waals surface area contributed by atoms with Crippen LogP contribution in [0.25, 0.3) is 0 Å². The average Bonchev–Trinajstić information content (AvgIpc) is 2.94. The van der Waals surface area contributed by atoms with E-state index in [2.05, 4.69) is 6.58 Å². The van der Waals surface area contributed by atoms with Crippen molar-refractivity contribution in [1.29, 1.82) is 0 Å². The van der Waals surface area contributed by atoms with Crippen LogP contribution < -0.4 is 0 Å². The van der Waals surface area contributed by atoms with Gasteiger partial charge in [0.15, 0.2) is 0 Å². The van der Waals surface area contributed by atoms with Crippen molar-refractivity contribution >= 4 is 11.9 Å². The second-order valence-electron chi connectivity index (χ2n) is 7.53. The molecule has 0 aromatic carbocycles. The van der Waals surface area contributed by atoms with Gasteiger partial charge in [-0.05, 0) is 30.3 Å². The number of fused-ring (bicyclic) bond motifs is 2. The predicted octanol–water partition coefficient (Wildman–Crippen LogP) is 2.20. The van der Waals surface area contributed by atoms with Gasteiger partial charge in [-0.1, -0.05) is 13.5 Å². The van der Waals surface area contributed by atoms with Crippen molar-refractivity contribution in [3.05, 3.63) is 12.2 Å². The number of esters is 2. The van der Waals surface area contributed by atoms with Gasteiger partial charge in [-0.3, -0.25) is 9.59 Å². The van der Waals surface area contributed by atoms with E-state index in [0.717, 1.165) is 24.8 Å². The first-order chi connectivity index (χ1) is 10.4. The molecule has 2 spiro atoms. The number of carbonyl (C=O) groups is 2. The van der Waals surface area contributed by atoms with E-state index in [4.69, 9.17) is 14.2 Å². The van der Waals surface area contributed by atoms with Gasteiger partial charge in [-0.25, -0.2) is 0 Å². The Morgan fingerprint density at radius 3 is 2.77 bits per heavy atom. The van der Waals surface area contributed by atoms with Gasteiger partial charge in [0, 0.05) is 25.2 Å². The highest BCUT2D eigenvalue weighted by Crippen LogP contribution is 2.68. The highest BCUT2D eigenvalue weighted by Gasteiger charge is 2.69. The van der Waals surface area contributed by atoms with Gasteiger partial charge in [-0.15, -0.1) is 0 Å². The van der Waals surface area contributed by atoms with Crippen LogP contribution in [0.5, 0.6) is 0 Å². The first kappa shape index (κ1) is 14.2. The lowest BCUT2D eigenvalue weighted by Crippen LogP contribution is -2.58. The molecule has 0 N–H and O–H groups in total. The number of carbonyl (C=O) groups excluding carboxylic acids is 2. The number of hydrogen-bond acceptors (Lipinski definition) is 5. The smallest absolute Gasteiger partial charge is 0.311 e. The lowest BCUT2D eigenvalue weighted by atomic mass is 9.44. The van der Waals surface area contributed by atoms with E-state index in [1.165, 1.54) is 6.92 Å².